The number of carbonyl (C=O) groups is 1. The van der Waals surface area contributed by atoms with Gasteiger partial charge in [-0.3, -0.25) is 0 Å². The number of hydrazine groups is 1. The molecule has 0 aromatic carbocycles. The van der Waals surface area contributed by atoms with Gasteiger partial charge in [-0.1, -0.05) is 36.5 Å². The second kappa shape index (κ2) is 4.96. The predicted molar refractivity (Wildman–Crippen MR) is 89.4 cm³/mol. The molecule has 1 heterocycles. The highest BCUT2D eigenvalue weighted by atomic mass is 16.2. The number of nitrogens with one attached hydrogen (secondary N) is 2. The summed E-state index contributed by atoms with van der Waals surface area (Å²) >= 11 is 0. The van der Waals surface area contributed by atoms with Crippen LogP contribution in [0, 0.1) is 0 Å². The summed E-state index contributed by atoms with van der Waals surface area (Å²) in [5, 5.41) is 4.99. The minimum atomic E-state index is 0.0199. The Morgan fingerprint density at radius 1 is 1.17 bits per heavy atom. The van der Waals surface area contributed by atoms with Crippen LogP contribution in [0.4, 0.5) is 4.79 Å². The minimum Gasteiger partial charge on any atom is -0.334 e. The van der Waals surface area contributed by atoms with Gasteiger partial charge in [0, 0.05) is 6.04 Å². The number of rotatable bonds is 1. The normalized spacial score (nSPS) is 31.2. The first-order valence-electron chi connectivity index (χ1n) is 8.65. The molecular weight excluding hydrogens is 286 g/mol. The van der Waals surface area contributed by atoms with Gasteiger partial charge >= 0.3 is 6.03 Å². The van der Waals surface area contributed by atoms with Crippen molar-refractivity contribution in [3.63, 3.8) is 0 Å². The molecule has 4 nitrogen and oxygen atoms in total. The molecule has 1 saturated heterocycles. The molecule has 2 unspecified atom stereocenters. The molecule has 2 N–H and O–H groups in total. The zero-order valence-corrected chi connectivity index (χ0v) is 13.1. The van der Waals surface area contributed by atoms with Gasteiger partial charge in [-0.05, 0) is 54.4 Å². The van der Waals surface area contributed by atoms with E-state index in [0.29, 0.717) is 6.04 Å². The lowest BCUT2D eigenvalue weighted by Crippen LogP contribution is -2.50. The summed E-state index contributed by atoms with van der Waals surface area (Å²) in [6.45, 7) is 0. The van der Waals surface area contributed by atoms with Crippen LogP contribution in [0.2, 0.25) is 0 Å². The summed E-state index contributed by atoms with van der Waals surface area (Å²) < 4.78 is 0. The Morgan fingerprint density at radius 3 is 2.96 bits per heavy atom. The average molecular weight is 307 g/mol. The van der Waals surface area contributed by atoms with Gasteiger partial charge in [-0.25, -0.2) is 15.2 Å². The molecule has 118 valence electrons. The molecule has 4 heteroatoms. The van der Waals surface area contributed by atoms with E-state index in [1.165, 1.54) is 22.3 Å². The largest absolute Gasteiger partial charge is 0.334 e. The van der Waals surface area contributed by atoms with Crippen LogP contribution in [-0.4, -0.2) is 29.2 Å². The highest BCUT2D eigenvalue weighted by Gasteiger charge is 2.44. The highest BCUT2D eigenvalue weighted by Crippen LogP contribution is 2.40. The summed E-state index contributed by atoms with van der Waals surface area (Å²) in [4.78, 5) is 12.8. The van der Waals surface area contributed by atoms with Crippen molar-refractivity contribution in [2.24, 2.45) is 0 Å². The van der Waals surface area contributed by atoms with Gasteiger partial charge in [0.05, 0.1) is 12.1 Å². The molecular formula is C19H21N3O. The molecule has 0 bridgehead atoms. The zero-order chi connectivity index (χ0) is 15.4. The van der Waals surface area contributed by atoms with E-state index in [-0.39, 0.29) is 18.1 Å². The fraction of sp³-hybridized carbons (Fsp3) is 0.421. The Hall–Kier alpha value is -2.07. The van der Waals surface area contributed by atoms with E-state index in [1.807, 2.05) is 5.01 Å². The lowest BCUT2D eigenvalue weighted by Gasteiger charge is -2.28. The molecule has 4 aliphatic carbocycles. The van der Waals surface area contributed by atoms with Crippen LogP contribution < -0.4 is 10.7 Å². The number of allylic oxidation sites excluding steroid dienone is 6. The molecule has 0 spiro atoms. The first kappa shape index (κ1) is 13.4. The van der Waals surface area contributed by atoms with Crippen LogP contribution >= 0.6 is 0 Å². The smallest absolute Gasteiger partial charge is 0.332 e. The number of hydrogen-bond acceptors (Lipinski definition) is 2. The van der Waals surface area contributed by atoms with Gasteiger partial charge in [0.25, 0.3) is 0 Å². The quantitative estimate of drug-likeness (QED) is 0.782. The maximum Gasteiger partial charge on any atom is 0.332 e. The third-order valence-electron chi connectivity index (χ3n) is 5.36. The maximum atomic E-state index is 12.8. The maximum absolute atomic E-state index is 12.8. The van der Waals surface area contributed by atoms with Crippen molar-refractivity contribution in [3.8, 4) is 0 Å². The first-order chi connectivity index (χ1) is 11.3. The predicted octanol–water partition coefficient (Wildman–Crippen LogP) is 2.89. The number of nitrogens with zero attached hydrogens (tertiary/aromatic N) is 1. The van der Waals surface area contributed by atoms with Crippen LogP contribution in [0.15, 0.2) is 58.7 Å². The molecule has 5 aliphatic rings. The first-order valence-corrected chi connectivity index (χ1v) is 8.65. The van der Waals surface area contributed by atoms with E-state index >= 15 is 0 Å². The monoisotopic (exact) mass is 307 g/mol. The molecule has 1 saturated carbocycles. The fourth-order valence-corrected chi connectivity index (χ4v) is 4.05. The molecule has 0 aromatic rings. The number of amides is 2. The van der Waals surface area contributed by atoms with Crippen molar-refractivity contribution >= 4 is 6.03 Å². The second-order valence-corrected chi connectivity index (χ2v) is 6.98. The number of hydrogen-bond donors (Lipinski definition) is 2. The summed E-state index contributed by atoms with van der Waals surface area (Å²) in [7, 11) is 0. The van der Waals surface area contributed by atoms with Crippen molar-refractivity contribution in [2.75, 3.05) is 0 Å². The number of fused-ring (bicyclic) bond motifs is 1. The molecule has 0 aromatic heterocycles. The number of urea groups is 1. The summed E-state index contributed by atoms with van der Waals surface area (Å²) in [5.41, 5.74) is 8.74. The van der Waals surface area contributed by atoms with Crippen molar-refractivity contribution in [2.45, 2.75) is 50.2 Å². The van der Waals surface area contributed by atoms with Gasteiger partial charge in [-0.2, -0.15) is 0 Å². The standard InChI is InChI=1S/C19H21N3O/c23-19(20-14-10-11-14)22-18-15-6-2-1-4-12(15)8-9-13-5-3-7-16(21-22)17(13)18/h2-3,5-6,8-9,14,16,18,21H,1,4,7,10-11H2,(H,20,23). The molecule has 5 rings (SSSR count). The second-order valence-electron chi connectivity index (χ2n) is 6.98. The number of carbonyl (C=O) groups excluding carboxylic acids is 1. The fourth-order valence-electron chi connectivity index (χ4n) is 4.05. The van der Waals surface area contributed by atoms with Crippen LogP contribution in [0.3, 0.4) is 0 Å². The molecule has 0 radical (unpaired) electrons. The van der Waals surface area contributed by atoms with Crippen molar-refractivity contribution in [1.82, 2.24) is 15.8 Å². The molecule has 23 heavy (non-hydrogen) atoms. The third-order valence-corrected chi connectivity index (χ3v) is 5.36. The van der Waals surface area contributed by atoms with Gasteiger partial charge in [0.1, 0.15) is 0 Å². The summed E-state index contributed by atoms with van der Waals surface area (Å²) in [5.74, 6) is 0. The van der Waals surface area contributed by atoms with Gasteiger partial charge in [-0.15, -0.1) is 0 Å². The highest BCUT2D eigenvalue weighted by molar-refractivity contribution is 5.78. The Balaban J connectivity index is 1.59. The molecule has 1 aliphatic heterocycles. The van der Waals surface area contributed by atoms with Gasteiger partial charge in [0.2, 0.25) is 0 Å². The lowest BCUT2D eigenvalue weighted by molar-refractivity contribution is 0.174. The van der Waals surface area contributed by atoms with Gasteiger partial charge in [0.15, 0.2) is 0 Å². The minimum absolute atomic E-state index is 0.0199. The SMILES string of the molecule is O=C(NC1CC1)N1NC2CC=CC3=C2C1C1=C(C=C3)CCC=C1. The third kappa shape index (κ3) is 2.12. The molecule has 2 atom stereocenters. The lowest BCUT2D eigenvalue weighted by atomic mass is 9.85. The van der Waals surface area contributed by atoms with Crippen LogP contribution in [0.25, 0.3) is 0 Å². The summed E-state index contributed by atoms with van der Waals surface area (Å²) in [6, 6.07) is 0.654. The average Bonchev–Trinajstić information content (AvgIpc) is 3.32. The van der Waals surface area contributed by atoms with E-state index in [9.17, 15) is 4.79 Å². The van der Waals surface area contributed by atoms with E-state index in [0.717, 1.165) is 32.1 Å². The van der Waals surface area contributed by atoms with Gasteiger partial charge < -0.3 is 5.32 Å². The van der Waals surface area contributed by atoms with E-state index < -0.39 is 0 Å². The van der Waals surface area contributed by atoms with E-state index in [1.54, 1.807) is 0 Å². The van der Waals surface area contributed by atoms with Crippen molar-refractivity contribution < 1.29 is 4.79 Å². The van der Waals surface area contributed by atoms with E-state index in [4.69, 9.17) is 0 Å². The molecule has 2 fully saturated rings. The van der Waals surface area contributed by atoms with Crippen molar-refractivity contribution in [3.05, 3.63) is 58.7 Å². The Kier molecular flexibility index (Phi) is 2.89. The zero-order valence-electron chi connectivity index (χ0n) is 13.1. The van der Waals surface area contributed by atoms with Crippen molar-refractivity contribution in [1.29, 1.82) is 0 Å². The topological polar surface area (TPSA) is 44.4 Å². The summed E-state index contributed by atoms with van der Waals surface area (Å²) in [6.07, 6.45) is 18.7. The van der Waals surface area contributed by atoms with Crippen LogP contribution in [0.1, 0.15) is 32.1 Å². The van der Waals surface area contributed by atoms with Crippen LogP contribution in [-0.2, 0) is 0 Å². The Bertz CT molecular complexity index is 721. The Morgan fingerprint density at radius 2 is 2.09 bits per heavy atom. The van der Waals surface area contributed by atoms with E-state index in [2.05, 4.69) is 47.2 Å². The molecule has 2 amide bonds. The Labute approximate surface area is 136 Å². The van der Waals surface area contributed by atoms with Crippen LogP contribution in [0.5, 0.6) is 0 Å².